The Bertz CT molecular complexity index is 435. The lowest BCUT2D eigenvalue weighted by Gasteiger charge is -2.20. The van der Waals surface area contributed by atoms with E-state index in [9.17, 15) is 4.79 Å². The van der Waals surface area contributed by atoms with Crippen LogP contribution in [0.2, 0.25) is 0 Å². The second-order valence-corrected chi connectivity index (χ2v) is 5.31. The fourth-order valence-corrected chi connectivity index (χ4v) is 2.08. The molecule has 21 heavy (non-hydrogen) atoms. The molecule has 2 atom stereocenters. The van der Waals surface area contributed by atoms with E-state index in [0.717, 1.165) is 37.1 Å². The fraction of sp³-hybridized carbons (Fsp3) is 0.588. The molecule has 0 saturated carbocycles. The third-order valence-electron chi connectivity index (χ3n) is 3.57. The number of ether oxygens (including phenoxy) is 1. The summed E-state index contributed by atoms with van der Waals surface area (Å²) in [6.07, 6.45) is 2.81. The number of rotatable bonds is 9. The monoisotopic (exact) mass is 292 g/mol. The van der Waals surface area contributed by atoms with Gasteiger partial charge in [0.2, 0.25) is 0 Å². The van der Waals surface area contributed by atoms with Gasteiger partial charge in [0.25, 0.3) is 5.91 Å². The van der Waals surface area contributed by atoms with Gasteiger partial charge in [0.15, 0.2) is 6.10 Å². The number of hydrogen-bond donors (Lipinski definition) is 2. The van der Waals surface area contributed by atoms with E-state index in [1.807, 2.05) is 31.3 Å². The smallest absolute Gasteiger partial charge is 0.260 e. The molecule has 0 heterocycles. The minimum Gasteiger partial charge on any atom is -0.481 e. The van der Waals surface area contributed by atoms with E-state index in [-0.39, 0.29) is 11.9 Å². The maximum absolute atomic E-state index is 12.0. The predicted octanol–water partition coefficient (Wildman–Crippen LogP) is 3.04. The molecule has 1 aromatic carbocycles. The average molecular weight is 292 g/mol. The van der Waals surface area contributed by atoms with Crippen LogP contribution in [0, 0.1) is 0 Å². The summed E-state index contributed by atoms with van der Waals surface area (Å²) >= 11 is 0. The van der Waals surface area contributed by atoms with E-state index in [0.29, 0.717) is 0 Å². The normalized spacial score (nSPS) is 13.5. The van der Waals surface area contributed by atoms with Gasteiger partial charge in [-0.15, -0.1) is 0 Å². The van der Waals surface area contributed by atoms with Crippen LogP contribution in [0.1, 0.15) is 51.6 Å². The van der Waals surface area contributed by atoms with Crippen molar-refractivity contribution in [2.45, 2.75) is 52.2 Å². The van der Waals surface area contributed by atoms with E-state index >= 15 is 0 Å². The van der Waals surface area contributed by atoms with Crippen LogP contribution in [0.5, 0.6) is 5.75 Å². The summed E-state index contributed by atoms with van der Waals surface area (Å²) in [7, 11) is 1.91. The molecule has 0 radical (unpaired) electrons. The first-order valence-corrected chi connectivity index (χ1v) is 7.80. The van der Waals surface area contributed by atoms with Gasteiger partial charge in [0.1, 0.15) is 5.75 Å². The van der Waals surface area contributed by atoms with Gasteiger partial charge >= 0.3 is 0 Å². The Balaban J connectivity index is 2.58. The van der Waals surface area contributed by atoms with Crippen LogP contribution in [0.25, 0.3) is 0 Å². The van der Waals surface area contributed by atoms with E-state index in [2.05, 4.69) is 24.5 Å². The third-order valence-corrected chi connectivity index (χ3v) is 3.57. The molecule has 0 aromatic heterocycles. The van der Waals surface area contributed by atoms with Crippen LogP contribution >= 0.6 is 0 Å². The molecule has 1 amide bonds. The fourth-order valence-electron chi connectivity index (χ4n) is 2.08. The molecule has 2 N–H and O–H groups in total. The average Bonchev–Trinajstić information content (AvgIpc) is 2.51. The van der Waals surface area contributed by atoms with Crippen molar-refractivity contribution in [3.05, 3.63) is 29.8 Å². The molecular formula is C17H28N2O2. The van der Waals surface area contributed by atoms with Crippen molar-refractivity contribution in [3.8, 4) is 5.75 Å². The number of carbonyl (C=O) groups is 1. The molecular weight excluding hydrogens is 264 g/mol. The molecule has 0 aliphatic rings. The molecule has 1 rings (SSSR count). The number of nitrogens with one attached hydrogen (secondary N) is 2. The van der Waals surface area contributed by atoms with Crippen molar-refractivity contribution in [2.75, 3.05) is 13.6 Å². The molecule has 0 spiro atoms. The van der Waals surface area contributed by atoms with Gasteiger partial charge in [-0.2, -0.15) is 0 Å². The van der Waals surface area contributed by atoms with E-state index < -0.39 is 6.10 Å². The zero-order valence-corrected chi connectivity index (χ0v) is 13.6. The number of amides is 1. The van der Waals surface area contributed by atoms with Crippen LogP contribution in [-0.4, -0.2) is 25.6 Å². The Kier molecular flexibility index (Phi) is 7.83. The maximum Gasteiger partial charge on any atom is 0.260 e. The quantitative estimate of drug-likeness (QED) is 0.688. The largest absolute Gasteiger partial charge is 0.481 e. The second kappa shape index (κ2) is 9.40. The second-order valence-electron chi connectivity index (χ2n) is 5.31. The minimum absolute atomic E-state index is 0.0574. The van der Waals surface area contributed by atoms with Gasteiger partial charge in [-0.1, -0.05) is 38.0 Å². The van der Waals surface area contributed by atoms with Gasteiger partial charge in [-0.05, 0) is 33.4 Å². The van der Waals surface area contributed by atoms with Gasteiger partial charge in [-0.25, -0.2) is 0 Å². The van der Waals surface area contributed by atoms with Gasteiger partial charge in [0, 0.05) is 18.2 Å². The highest BCUT2D eigenvalue weighted by Gasteiger charge is 2.17. The Labute approximate surface area is 128 Å². The number of carbonyl (C=O) groups excluding carboxylic acids is 1. The summed E-state index contributed by atoms with van der Waals surface area (Å²) in [6.45, 7) is 6.72. The Morgan fingerprint density at radius 1 is 1.24 bits per heavy atom. The molecule has 2 unspecified atom stereocenters. The van der Waals surface area contributed by atoms with E-state index in [1.165, 1.54) is 0 Å². The number of unbranched alkanes of at least 4 members (excludes halogenated alkanes) is 2. The molecule has 4 heteroatoms. The van der Waals surface area contributed by atoms with Crippen molar-refractivity contribution in [2.24, 2.45) is 0 Å². The van der Waals surface area contributed by atoms with Crippen molar-refractivity contribution in [3.63, 3.8) is 0 Å². The highest BCUT2D eigenvalue weighted by molar-refractivity contribution is 5.80. The summed E-state index contributed by atoms with van der Waals surface area (Å²) in [5.74, 6) is 0.702. The van der Waals surface area contributed by atoms with Gasteiger partial charge in [-0.3, -0.25) is 4.79 Å². The molecule has 0 bridgehead atoms. The van der Waals surface area contributed by atoms with Crippen molar-refractivity contribution < 1.29 is 9.53 Å². The van der Waals surface area contributed by atoms with E-state index in [4.69, 9.17) is 4.74 Å². The highest BCUT2D eigenvalue weighted by atomic mass is 16.5. The third kappa shape index (κ3) is 5.76. The van der Waals surface area contributed by atoms with Crippen molar-refractivity contribution in [1.29, 1.82) is 0 Å². The van der Waals surface area contributed by atoms with Crippen molar-refractivity contribution in [1.82, 2.24) is 10.6 Å². The van der Waals surface area contributed by atoms with Gasteiger partial charge < -0.3 is 15.4 Å². The zero-order valence-electron chi connectivity index (χ0n) is 13.6. The SMILES string of the molecule is CCCCCNC(=O)C(C)Oc1ccccc1C(C)NC. The lowest BCUT2D eigenvalue weighted by molar-refractivity contribution is -0.127. The Morgan fingerprint density at radius 3 is 2.62 bits per heavy atom. The zero-order chi connectivity index (χ0) is 15.7. The topological polar surface area (TPSA) is 50.4 Å². The van der Waals surface area contributed by atoms with E-state index in [1.54, 1.807) is 6.92 Å². The van der Waals surface area contributed by atoms with Gasteiger partial charge in [0.05, 0.1) is 0 Å². The molecule has 1 aromatic rings. The summed E-state index contributed by atoms with van der Waals surface area (Å²) in [4.78, 5) is 12.0. The molecule has 0 fully saturated rings. The van der Waals surface area contributed by atoms with Crippen molar-refractivity contribution >= 4 is 5.91 Å². The van der Waals surface area contributed by atoms with Crippen LogP contribution in [0.15, 0.2) is 24.3 Å². The summed E-state index contributed by atoms with van der Waals surface area (Å²) in [6, 6.07) is 8.01. The predicted molar refractivity (Wildman–Crippen MR) is 86.5 cm³/mol. The first-order chi connectivity index (χ1) is 10.1. The summed E-state index contributed by atoms with van der Waals surface area (Å²) in [5.41, 5.74) is 1.06. The molecule has 4 nitrogen and oxygen atoms in total. The number of para-hydroxylation sites is 1. The molecule has 118 valence electrons. The lowest BCUT2D eigenvalue weighted by atomic mass is 10.1. The first-order valence-electron chi connectivity index (χ1n) is 7.80. The Hall–Kier alpha value is -1.55. The number of hydrogen-bond acceptors (Lipinski definition) is 3. The molecule has 0 aliphatic carbocycles. The summed E-state index contributed by atoms with van der Waals surface area (Å²) in [5, 5.41) is 6.11. The molecule has 0 aliphatic heterocycles. The highest BCUT2D eigenvalue weighted by Crippen LogP contribution is 2.25. The lowest BCUT2D eigenvalue weighted by Crippen LogP contribution is -2.37. The summed E-state index contributed by atoms with van der Waals surface area (Å²) < 4.78 is 5.84. The van der Waals surface area contributed by atoms with Crippen LogP contribution in [-0.2, 0) is 4.79 Å². The van der Waals surface area contributed by atoms with Crippen LogP contribution in [0.4, 0.5) is 0 Å². The standard InChI is InChI=1S/C17H28N2O2/c1-5-6-9-12-19-17(20)14(3)21-16-11-8-7-10-15(16)13(2)18-4/h7-8,10-11,13-14,18H,5-6,9,12H2,1-4H3,(H,19,20). The van der Waals surface area contributed by atoms with Crippen LogP contribution < -0.4 is 15.4 Å². The Morgan fingerprint density at radius 2 is 1.95 bits per heavy atom. The maximum atomic E-state index is 12.0. The van der Waals surface area contributed by atoms with Crippen LogP contribution in [0.3, 0.4) is 0 Å². The number of benzene rings is 1. The molecule has 0 saturated heterocycles. The first kappa shape index (κ1) is 17.5. The minimum atomic E-state index is -0.489.